The zero-order valence-electron chi connectivity index (χ0n) is 14.6. The molecule has 5 rings (SSSR count). The van der Waals surface area contributed by atoms with E-state index in [1.807, 2.05) is 6.07 Å². The smallest absolute Gasteiger partial charge is 0.129 e. The van der Waals surface area contributed by atoms with Crippen LogP contribution in [0.4, 0.5) is 0 Å². The SMILES string of the molecule is Oc1cc2c(cc1I)CC1N(CC3CC3)CCC23CCNCCC13O. The van der Waals surface area contributed by atoms with Crippen molar-refractivity contribution in [2.45, 2.75) is 55.6 Å². The number of phenolic OH excluding ortho intramolecular Hbond substituents is 1. The van der Waals surface area contributed by atoms with E-state index in [4.69, 9.17) is 0 Å². The van der Waals surface area contributed by atoms with E-state index in [1.54, 1.807) is 0 Å². The number of hydrogen-bond donors (Lipinski definition) is 3. The quantitative estimate of drug-likeness (QED) is 0.601. The molecular formula is C20H27IN2O2. The normalized spacial score (nSPS) is 37.9. The number of hydrogen-bond acceptors (Lipinski definition) is 4. The summed E-state index contributed by atoms with van der Waals surface area (Å²) in [6, 6.07) is 4.35. The van der Waals surface area contributed by atoms with Crippen LogP contribution in [0.15, 0.2) is 12.1 Å². The van der Waals surface area contributed by atoms with Crippen molar-refractivity contribution in [2.24, 2.45) is 5.92 Å². The van der Waals surface area contributed by atoms with E-state index in [0.717, 1.165) is 61.4 Å². The fourth-order valence-corrected chi connectivity index (χ4v) is 6.39. The van der Waals surface area contributed by atoms with Crippen LogP contribution in [0, 0.1) is 9.49 Å². The van der Waals surface area contributed by atoms with Gasteiger partial charge < -0.3 is 15.5 Å². The lowest BCUT2D eigenvalue weighted by atomic mass is 9.52. The topological polar surface area (TPSA) is 55.7 Å². The monoisotopic (exact) mass is 454 g/mol. The molecule has 3 unspecified atom stereocenters. The summed E-state index contributed by atoms with van der Waals surface area (Å²) in [7, 11) is 0. The minimum atomic E-state index is -0.685. The molecule has 1 aromatic rings. The Morgan fingerprint density at radius 2 is 2.00 bits per heavy atom. The van der Waals surface area contributed by atoms with Crippen LogP contribution >= 0.6 is 22.6 Å². The van der Waals surface area contributed by atoms with Crippen LogP contribution in [0.3, 0.4) is 0 Å². The van der Waals surface area contributed by atoms with Crippen LogP contribution in [-0.4, -0.2) is 52.9 Å². The molecule has 0 amide bonds. The van der Waals surface area contributed by atoms with Crippen LogP contribution in [0.1, 0.15) is 43.2 Å². The zero-order valence-corrected chi connectivity index (χ0v) is 16.8. The number of aliphatic hydroxyl groups is 1. The lowest BCUT2D eigenvalue weighted by molar-refractivity contribution is -0.149. The standard InChI is InChI=1S/C20H27IN2O2/c21-16-9-14-10-18-20(25)4-7-22-6-3-19(20,15(14)11-17(16)24)5-8-23(18)12-13-1-2-13/h9,11,13,18,22,24-25H,1-8,10,12H2. The molecule has 0 radical (unpaired) electrons. The number of halogens is 1. The van der Waals surface area contributed by atoms with E-state index >= 15 is 0 Å². The average molecular weight is 454 g/mol. The Balaban J connectivity index is 1.66. The number of piperidine rings is 1. The molecule has 1 saturated carbocycles. The number of nitrogens with zero attached hydrogens (tertiary/aromatic N) is 1. The number of aromatic hydroxyl groups is 1. The molecule has 2 saturated heterocycles. The predicted octanol–water partition coefficient (Wildman–Crippen LogP) is 2.39. The Morgan fingerprint density at radius 3 is 2.80 bits per heavy atom. The van der Waals surface area contributed by atoms with Gasteiger partial charge in [0, 0.05) is 18.0 Å². The number of benzene rings is 1. The van der Waals surface area contributed by atoms with Gasteiger partial charge in [-0.1, -0.05) is 0 Å². The molecule has 4 nitrogen and oxygen atoms in total. The number of nitrogens with one attached hydrogen (secondary N) is 1. The molecule has 2 aliphatic heterocycles. The lowest BCUT2D eigenvalue weighted by Gasteiger charge is -2.61. The Morgan fingerprint density at radius 1 is 1.20 bits per heavy atom. The minimum absolute atomic E-state index is 0.212. The lowest BCUT2D eigenvalue weighted by Crippen LogP contribution is -2.71. The molecule has 2 aliphatic carbocycles. The first-order chi connectivity index (χ1) is 12.0. The molecule has 25 heavy (non-hydrogen) atoms. The van der Waals surface area contributed by atoms with Gasteiger partial charge in [0.25, 0.3) is 0 Å². The Labute approximate surface area is 163 Å². The van der Waals surface area contributed by atoms with Crippen molar-refractivity contribution in [3.8, 4) is 5.75 Å². The first-order valence-corrected chi connectivity index (χ1v) is 10.8. The summed E-state index contributed by atoms with van der Waals surface area (Å²) in [6.45, 7) is 4.07. The Hall–Kier alpha value is -0.370. The van der Waals surface area contributed by atoms with E-state index < -0.39 is 5.60 Å². The molecule has 1 aromatic carbocycles. The maximum Gasteiger partial charge on any atom is 0.129 e. The summed E-state index contributed by atoms with van der Waals surface area (Å²) in [5.41, 5.74) is 1.67. The third kappa shape index (κ3) is 2.42. The molecule has 136 valence electrons. The summed E-state index contributed by atoms with van der Waals surface area (Å²) >= 11 is 2.23. The molecule has 2 heterocycles. The maximum absolute atomic E-state index is 12.1. The molecule has 3 atom stereocenters. The van der Waals surface area contributed by atoms with Crippen molar-refractivity contribution < 1.29 is 10.2 Å². The number of rotatable bonds is 2. The summed E-state index contributed by atoms with van der Waals surface area (Å²) in [5, 5.41) is 26.0. The van der Waals surface area contributed by atoms with E-state index in [-0.39, 0.29) is 11.5 Å². The van der Waals surface area contributed by atoms with Crippen molar-refractivity contribution >= 4 is 22.6 Å². The number of likely N-dealkylation sites (tertiary alicyclic amines) is 1. The van der Waals surface area contributed by atoms with Gasteiger partial charge in [0.15, 0.2) is 0 Å². The average Bonchev–Trinajstić information content (AvgIpc) is 3.39. The number of phenols is 1. The highest BCUT2D eigenvalue weighted by Crippen LogP contribution is 2.56. The van der Waals surface area contributed by atoms with Crippen LogP contribution < -0.4 is 5.32 Å². The third-order valence-corrected chi connectivity index (χ3v) is 8.21. The molecule has 4 aliphatic rings. The first-order valence-electron chi connectivity index (χ1n) is 9.72. The first kappa shape index (κ1) is 16.8. The van der Waals surface area contributed by atoms with Gasteiger partial charge in [0.2, 0.25) is 0 Å². The number of fused-ring (bicyclic) bond motifs is 1. The van der Waals surface area contributed by atoms with Gasteiger partial charge in [-0.15, -0.1) is 0 Å². The molecular weight excluding hydrogens is 427 g/mol. The van der Waals surface area contributed by atoms with E-state index in [0.29, 0.717) is 5.75 Å². The van der Waals surface area contributed by atoms with E-state index in [1.165, 1.54) is 24.0 Å². The molecule has 0 spiro atoms. The van der Waals surface area contributed by atoms with Crippen LogP contribution in [0.5, 0.6) is 5.75 Å². The highest BCUT2D eigenvalue weighted by atomic mass is 127. The summed E-state index contributed by atoms with van der Waals surface area (Å²) < 4.78 is 0.928. The molecule has 3 N–H and O–H groups in total. The van der Waals surface area contributed by atoms with E-state index in [9.17, 15) is 10.2 Å². The van der Waals surface area contributed by atoms with Crippen molar-refractivity contribution in [3.05, 3.63) is 26.8 Å². The van der Waals surface area contributed by atoms with Crippen molar-refractivity contribution in [1.82, 2.24) is 10.2 Å². The van der Waals surface area contributed by atoms with Gasteiger partial charge in [-0.25, -0.2) is 0 Å². The highest BCUT2D eigenvalue weighted by Gasteiger charge is 2.62. The van der Waals surface area contributed by atoms with Gasteiger partial charge in [-0.2, -0.15) is 0 Å². The second kappa shape index (κ2) is 5.81. The summed E-state index contributed by atoms with van der Waals surface area (Å²) in [6.07, 6.45) is 6.40. The van der Waals surface area contributed by atoms with Crippen molar-refractivity contribution in [3.63, 3.8) is 0 Å². The molecule has 5 heteroatoms. The second-order valence-electron chi connectivity index (χ2n) is 8.63. The van der Waals surface area contributed by atoms with Crippen molar-refractivity contribution in [2.75, 3.05) is 26.2 Å². The molecule has 0 aromatic heterocycles. The third-order valence-electron chi connectivity index (χ3n) is 7.35. The summed E-state index contributed by atoms with van der Waals surface area (Å²) in [5.74, 6) is 1.22. The van der Waals surface area contributed by atoms with Gasteiger partial charge in [-0.05, 0) is 110 Å². The van der Waals surface area contributed by atoms with E-state index in [2.05, 4.69) is 38.9 Å². The van der Waals surface area contributed by atoms with Gasteiger partial charge in [0.1, 0.15) is 5.75 Å². The zero-order chi connectivity index (χ0) is 17.2. The minimum Gasteiger partial charge on any atom is -0.507 e. The molecule has 2 bridgehead atoms. The molecule has 3 fully saturated rings. The Kier molecular flexibility index (Phi) is 3.90. The fraction of sp³-hybridized carbons (Fsp3) is 0.700. The highest BCUT2D eigenvalue weighted by molar-refractivity contribution is 14.1. The van der Waals surface area contributed by atoms with Crippen molar-refractivity contribution in [1.29, 1.82) is 0 Å². The largest absolute Gasteiger partial charge is 0.507 e. The van der Waals surface area contributed by atoms with Crippen LogP contribution in [0.2, 0.25) is 0 Å². The maximum atomic E-state index is 12.1. The Bertz CT molecular complexity index is 707. The predicted molar refractivity (Wildman–Crippen MR) is 106 cm³/mol. The van der Waals surface area contributed by atoms with Crippen LogP contribution in [-0.2, 0) is 11.8 Å². The fourth-order valence-electron chi connectivity index (χ4n) is 5.86. The van der Waals surface area contributed by atoms with Gasteiger partial charge >= 0.3 is 0 Å². The van der Waals surface area contributed by atoms with Gasteiger partial charge in [-0.3, -0.25) is 4.90 Å². The van der Waals surface area contributed by atoms with Crippen LogP contribution in [0.25, 0.3) is 0 Å². The second-order valence-corrected chi connectivity index (χ2v) is 9.79. The van der Waals surface area contributed by atoms with Gasteiger partial charge in [0.05, 0.1) is 9.17 Å². The summed E-state index contributed by atoms with van der Waals surface area (Å²) in [4.78, 5) is 2.60.